The van der Waals surface area contributed by atoms with Crippen LogP contribution in [0, 0.1) is 5.92 Å². The maximum Gasteiger partial charge on any atom is 0.227 e. The first-order valence-electron chi connectivity index (χ1n) is 8.23. The molecule has 6 nitrogen and oxygen atoms in total. The molecule has 1 fully saturated rings. The second-order valence-corrected chi connectivity index (χ2v) is 6.23. The Labute approximate surface area is 143 Å². The summed E-state index contributed by atoms with van der Waals surface area (Å²) in [6.45, 7) is 6.19. The van der Waals surface area contributed by atoms with Gasteiger partial charge in [-0.05, 0) is 17.7 Å². The number of nitrogens with zero attached hydrogens (tertiary/aromatic N) is 2. The zero-order valence-corrected chi connectivity index (χ0v) is 14.9. The minimum absolute atomic E-state index is 0.000912. The van der Waals surface area contributed by atoms with Crippen molar-refractivity contribution >= 4 is 11.8 Å². The quantitative estimate of drug-likeness (QED) is 0.820. The molecule has 0 radical (unpaired) electrons. The van der Waals surface area contributed by atoms with E-state index < -0.39 is 0 Å². The summed E-state index contributed by atoms with van der Waals surface area (Å²) in [7, 11) is 3.16. The molecule has 1 aliphatic heterocycles. The van der Waals surface area contributed by atoms with E-state index in [-0.39, 0.29) is 17.7 Å². The van der Waals surface area contributed by atoms with Crippen LogP contribution in [0.25, 0.3) is 0 Å². The Morgan fingerprint density at radius 2 is 1.58 bits per heavy atom. The lowest BCUT2D eigenvalue weighted by Crippen LogP contribution is -2.51. The molecule has 6 heteroatoms. The first-order valence-corrected chi connectivity index (χ1v) is 8.23. The van der Waals surface area contributed by atoms with Gasteiger partial charge in [0.25, 0.3) is 0 Å². The van der Waals surface area contributed by atoms with E-state index in [4.69, 9.17) is 9.47 Å². The van der Waals surface area contributed by atoms with Crippen LogP contribution in [0.2, 0.25) is 0 Å². The van der Waals surface area contributed by atoms with Crippen molar-refractivity contribution in [3.05, 3.63) is 23.8 Å². The van der Waals surface area contributed by atoms with Crippen LogP contribution in [0.15, 0.2) is 18.2 Å². The predicted molar refractivity (Wildman–Crippen MR) is 91.2 cm³/mol. The Morgan fingerprint density at radius 3 is 2.12 bits per heavy atom. The number of benzene rings is 1. The van der Waals surface area contributed by atoms with Crippen molar-refractivity contribution < 1.29 is 19.1 Å². The van der Waals surface area contributed by atoms with Crippen molar-refractivity contribution in [1.82, 2.24) is 9.80 Å². The summed E-state index contributed by atoms with van der Waals surface area (Å²) in [4.78, 5) is 28.1. The first kappa shape index (κ1) is 18.1. The Hall–Kier alpha value is -2.24. The van der Waals surface area contributed by atoms with E-state index in [0.29, 0.717) is 44.1 Å². The van der Waals surface area contributed by atoms with Crippen LogP contribution in [0.1, 0.15) is 19.4 Å². The molecular formula is C18H26N2O4. The van der Waals surface area contributed by atoms with Crippen LogP contribution >= 0.6 is 0 Å². The van der Waals surface area contributed by atoms with Gasteiger partial charge in [-0.15, -0.1) is 0 Å². The summed E-state index contributed by atoms with van der Waals surface area (Å²) < 4.78 is 10.5. The van der Waals surface area contributed by atoms with Gasteiger partial charge < -0.3 is 19.3 Å². The van der Waals surface area contributed by atoms with Crippen LogP contribution in [0.3, 0.4) is 0 Å². The summed E-state index contributed by atoms with van der Waals surface area (Å²) in [5, 5.41) is 0. The summed E-state index contributed by atoms with van der Waals surface area (Å²) >= 11 is 0. The second kappa shape index (κ2) is 8.04. The molecule has 0 unspecified atom stereocenters. The molecule has 0 aliphatic carbocycles. The molecule has 1 aliphatic rings. The molecule has 0 aromatic heterocycles. The minimum Gasteiger partial charge on any atom is -0.493 e. The van der Waals surface area contributed by atoms with Gasteiger partial charge in [0.1, 0.15) is 0 Å². The molecule has 1 heterocycles. The number of rotatable bonds is 5. The van der Waals surface area contributed by atoms with E-state index >= 15 is 0 Å². The van der Waals surface area contributed by atoms with E-state index in [1.54, 1.807) is 20.3 Å². The molecule has 1 saturated heterocycles. The average molecular weight is 334 g/mol. The highest BCUT2D eigenvalue weighted by molar-refractivity contribution is 5.80. The fourth-order valence-electron chi connectivity index (χ4n) is 2.82. The average Bonchev–Trinajstić information content (AvgIpc) is 2.60. The third-order valence-electron chi connectivity index (χ3n) is 4.24. The third kappa shape index (κ3) is 4.19. The van der Waals surface area contributed by atoms with Gasteiger partial charge in [0.05, 0.1) is 20.6 Å². The first-order chi connectivity index (χ1) is 11.5. The molecule has 0 bridgehead atoms. The minimum atomic E-state index is -0.000912. The molecule has 0 saturated carbocycles. The number of methoxy groups -OCH3 is 2. The van der Waals surface area contributed by atoms with Crippen LogP contribution in [0.5, 0.6) is 11.5 Å². The van der Waals surface area contributed by atoms with Crippen LogP contribution in [-0.2, 0) is 16.0 Å². The predicted octanol–water partition coefficient (Wildman–Crippen LogP) is 1.57. The van der Waals surface area contributed by atoms with Crippen molar-refractivity contribution in [2.24, 2.45) is 5.92 Å². The SMILES string of the molecule is COc1ccc(CC(=O)N2CCN(C(=O)C(C)C)CC2)cc1OC. The van der Waals surface area contributed by atoms with Gasteiger partial charge in [-0.3, -0.25) is 9.59 Å². The molecule has 132 valence electrons. The van der Waals surface area contributed by atoms with Gasteiger partial charge in [-0.25, -0.2) is 0 Å². The van der Waals surface area contributed by atoms with Crippen molar-refractivity contribution in [1.29, 1.82) is 0 Å². The van der Waals surface area contributed by atoms with E-state index in [2.05, 4.69) is 0 Å². The van der Waals surface area contributed by atoms with Crippen LogP contribution < -0.4 is 9.47 Å². The summed E-state index contributed by atoms with van der Waals surface area (Å²) in [6, 6.07) is 5.51. The van der Waals surface area contributed by atoms with E-state index in [0.717, 1.165) is 5.56 Å². The van der Waals surface area contributed by atoms with E-state index in [1.165, 1.54) is 0 Å². The van der Waals surface area contributed by atoms with Crippen molar-refractivity contribution in [2.75, 3.05) is 40.4 Å². The second-order valence-electron chi connectivity index (χ2n) is 6.23. The van der Waals surface area contributed by atoms with E-state index in [1.807, 2.05) is 35.8 Å². The van der Waals surface area contributed by atoms with Gasteiger partial charge in [0.2, 0.25) is 11.8 Å². The van der Waals surface area contributed by atoms with E-state index in [9.17, 15) is 9.59 Å². The van der Waals surface area contributed by atoms with Crippen LogP contribution in [-0.4, -0.2) is 62.0 Å². The molecule has 1 aromatic carbocycles. The highest BCUT2D eigenvalue weighted by Crippen LogP contribution is 2.27. The zero-order valence-electron chi connectivity index (χ0n) is 14.9. The summed E-state index contributed by atoms with van der Waals surface area (Å²) in [5.41, 5.74) is 0.887. The number of amides is 2. The van der Waals surface area contributed by atoms with Gasteiger partial charge in [-0.1, -0.05) is 19.9 Å². The maximum absolute atomic E-state index is 12.5. The monoisotopic (exact) mass is 334 g/mol. The molecule has 24 heavy (non-hydrogen) atoms. The number of piperazine rings is 1. The molecule has 1 aromatic rings. The lowest BCUT2D eigenvalue weighted by atomic mass is 10.1. The highest BCUT2D eigenvalue weighted by atomic mass is 16.5. The molecule has 0 atom stereocenters. The van der Waals surface area contributed by atoms with Crippen molar-refractivity contribution in [3.8, 4) is 11.5 Å². The highest BCUT2D eigenvalue weighted by Gasteiger charge is 2.25. The normalized spacial score (nSPS) is 14.7. The van der Waals surface area contributed by atoms with Gasteiger partial charge in [0, 0.05) is 32.1 Å². The largest absolute Gasteiger partial charge is 0.493 e. The number of hydrogen-bond donors (Lipinski definition) is 0. The number of ether oxygens (including phenoxy) is 2. The van der Waals surface area contributed by atoms with Crippen molar-refractivity contribution in [3.63, 3.8) is 0 Å². The Kier molecular flexibility index (Phi) is 6.06. The smallest absolute Gasteiger partial charge is 0.227 e. The lowest BCUT2D eigenvalue weighted by molar-refractivity contribution is -0.141. The standard InChI is InChI=1S/C18H26N2O4/c1-13(2)18(22)20-9-7-19(8-10-20)17(21)12-14-5-6-15(23-3)16(11-14)24-4/h5-6,11,13H,7-10,12H2,1-4H3. The summed E-state index contributed by atoms with van der Waals surface area (Å²) in [5.74, 6) is 1.49. The fourth-order valence-corrected chi connectivity index (χ4v) is 2.82. The topological polar surface area (TPSA) is 59.1 Å². The lowest BCUT2D eigenvalue weighted by Gasteiger charge is -2.35. The van der Waals surface area contributed by atoms with Crippen molar-refractivity contribution in [2.45, 2.75) is 20.3 Å². The molecular weight excluding hydrogens is 308 g/mol. The number of hydrogen-bond acceptors (Lipinski definition) is 4. The zero-order chi connectivity index (χ0) is 17.7. The number of carbonyl (C=O) groups is 2. The molecule has 2 rings (SSSR count). The Bertz CT molecular complexity index is 593. The van der Waals surface area contributed by atoms with Crippen LogP contribution in [0.4, 0.5) is 0 Å². The molecule has 0 spiro atoms. The maximum atomic E-state index is 12.5. The van der Waals surface area contributed by atoms with Gasteiger partial charge in [-0.2, -0.15) is 0 Å². The fraction of sp³-hybridized carbons (Fsp3) is 0.556. The molecule has 0 N–H and O–H groups in total. The Morgan fingerprint density at radius 1 is 1.00 bits per heavy atom. The van der Waals surface area contributed by atoms with Gasteiger partial charge >= 0.3 is 0 Å². The third-order valence-corrected chi connectivity index (χ3v) is 4.24. The Balaban J connectivity index is 1.93. The molecule has 2 amide bonds. The van der Waals surface area contributed by atoms with Gasteiger partial charge in [0.15, 0.2) is 11.5 Å². The summed E-state index contributed by atoms with van der Waals surface area (Å²) in [6.07, 6.45) is 0.318. The number of carbonyl (C=O) groups excluding carboxylic acids is 2.